The fraction of sp³-hybridized carbons (Fsp3) is 0. The van der Waals surface area contributed by atoms with Crippen LogP contribution in [0.25, 0.3) is 32.6 Å². The molecule has 0 unspecified atom stereocenters. The summed E-state index contributed by atoms with van der Waals surface area (Å²) in [4.78, 5) is 8.69. The van der Waals surface area contributed by atoms with Crippen LogP contribution >= 0.6 is 0 Å². The predicted octanol–water partition coefficient (Wildman–Crippen LogP) is 4.91. The Labute approximate surface area is 150 Å². The van der Waals surface area contributed by atoms with Gasteiger partial charge in [0.05, 0.1) is 16.7 Å². The molecule has 0 amide bonds. The number of rotatable bonds is 0. The molecular formula is C22H17N3O. The Morgan fingerprint density at radius 3 is 1.69 bits per heavy atom. The molecule has 4 nitrogen and oxygen atoms in total. The van der Waals surface area contributed by atoms with Crippen molar-refractivity contribution in [3.63, 3.8) is 0 Å². The SMILES string of the molecule is Nc1cc2ccccc2cc1O.c1cnc2c(c1)ccc1cccnc12. The van der Waals surface area contributed by atoms with E-state index in [0.717, 1.165) is 32.6 Å². The van der Waals surface area contributed by atoms with Gasteiger partial charge >= 0.3 is 0 Å². The number of hydrogen-bond donors (Lipinski definition) is 2. The highest BCUT2D eigenvalue weighted by molar-refractivity contribution is 6.02. The first-order valence-corrected chi connectivity index (χ1v) is 8.28. The van der Waals surface area contributed by atoms with Gasteiger partial charge in [0.25, 0.3) is 0 Å². The Balaban J connectivity index is 0.000000131. The second kappa shape index (κ2) is 6.69. The Kier molecular flexibility index (Phi) is 4.07. The van der Waals surface area contributed by atoms with Crippen molar-refractivity contribution in [1.29, 1.82) is 0 Å². The number of phenolic OH excluding ortho intramolecular Hbond substituents is 1. The van der Waals surface area contributed by atoms with Crippen LogP contribution in [0.2, 0.25) is 0 Å². The Morgan fingerprint density at radius 2 is 1.12 bits per heavy atom. The van der Waals surface area contributed by atoms with E-state index < -0.39 is 0 Å². The van der Waals surface area contributed by atoms with E-state index in [4.69, 9.17) is 5.73 Å². The van der Waals surface area contributed by atoms with Gasteiger partial charge in [-0.05, 0) is 35.0 Å². The van der Waals surface area contributed by atoms with Crippen molar-refractivity contribution >= 4 is 38.3 Å². The van der Waals surface area contributed by atoms with Crippen LogP contribution in [0.1, 0.15) is 0 Å². The number of nitrogens with two attached hydrogens (primary N) is 1. The lowest BCUT2D eigenvalue weighted by atomic mass is 10.1. The number of phenols is 1. The molecule has 126 valence electrons. The molecule has 5 rings (SSSR count). The number of aromatic hydroxyl groups is 1. The molecule has 0 saturated carbocycles. The summed E-state index contributed by atoms with van der Waals surface area (Å²) in [6.45, 7) is 0. The van der Waals surface area contributed by atoms with Gasteiger partial charge in [0.1, 0.15) is 5.75 Å². The molecule has 5 aromatic rings. The topological polar surface area (TPSA) is 72.0 Å². The first-order chi connectivity index (χ1) is 12.7. The van der Waals surface area contributed by atoms with Crippen LogP contribution in [0.5, 0.6) is 5.75 Å². The van der Waals surface area contributed by atoms with Gasteiger partial charge in [-0.2, -0.15) is 0 Å². The number of anilines is 1. The van der Waals surface area contributed by atoms with Crippen LogP contribution in [-0.2, 0) is 0 Å². The maximum atomic E-state index is 9.29. The van der Waals surface area contributed by atoms with Crippen LogP contribution in [0.4, 0.5) is 5.69 Å². The summed E-state index contributed by atoms with van der Waals surface area (Å²) in [5.74, 6) is 0.147. The lowest BCUT2D eigenvalue weighted by Crippen LogP contribution is -1.84. The summed E-state index contributed by atoms with van der Waals surface area (Å²) in [6, 6.07) is 23.4. The molecule has 3 aromatic carbocycles. The third-order valence-electron chi connectivity index (χ3n) is 4.24. The van der Waals surface area contributed by atoms with Crippen molar-refractivity contribution in [2.45, 2.75) is 0 Å². The average molecular weight is 339 g/mol. The smallest absolute Gasteiger partial charge is 0.139 e. The highest BCUT2D eigenvalue weighted by atomic mass is 16.3. The minimum atomic E-state index is 0.147. The number of benzene rings is 3. The van der Waals surface area contributed by atoms with Crippen LogP contribution in [0.15, 0.2) is 85.2 Å². The maximum Gasteiger partial charge on any atom is 0.139 e. The van der Waals surface area contributed by atoms with Gasteiger partial charge < -0.3 is 10.8 Å². The first-order valence-electron chi connectivity index (χ1n) is 8.28. The van der Waals surface area contributed by atoms with E-state index in [2.05, 4.69) is 34.2 Å². The molecule has 0 spiro atoms. The molecule has 2 heterocycles. The summed E-state index contributed by atoms with van der Waals surface area (Å²) in [7, 11) is 0. The maximum absolute atomic E-state index is 9.29. The number of pyridine rings is 2. The molecule has 0 aliphatic carbocycles. The molecule has 0 saturated heterocycles. The van der Waals surface area contributed by atoms with E-state index in [9.17, 15) is 5.11 Å². The zero-order chi connectivity index (χ0) is 17.9. The van der Waals surface area contributed by atoms with Gasteiger partial charge in [0.15, 0.2) is 0 Å². The average Bonchev–Trinajstić information content (AvgIpc) is 2.69. The van der Waals surface area contributed by atoms with Crippen molar-refractivity contribution < 1.29 is 5.11 Å². The van der Waals surface area contributed by atoms with Gasteiger partial charge in [0, 0.05) is 23.2 Å². The van der Waals surface area contributed by atoms with Crippen molar-refractivity contribution in [3.8, 4) is 5.75 Å². The van der Waals surface area contributed by atoms with E-state index in [0.29, 0.717) is 5.69 Å². The van der Waals surface area contributed by atoms with Crippen molar-refractivity contribution in [2.75, 3.05) is 5.73 Å². The first kappa shape index (κ1) is 15.8. The highest BCUT2D eigenvalue weighted by Crippen LogP contribution is 2.26. The zero-order valence-electron chi connectivity index (χ0n) is 14.0. The van der Waals surface area contributed by atoms with Crippen LogP contribution in [-0.4, -0.2) is 15.1 Å². The second-order valence-corrected chi connectivity index (χ2v) is 5.97. The summed E-state index contributed by atoms with van der Waals surface area (Å²) in [5.41, 5.74) is 7.92. The summed E-state index contributed by atoms with van der Waals surface area (Å²) in [6.07, 6.45) is 3.60. The van der Waals surface area contributed by atoms with Crippen LogP contribution in [0, 0.1) is 0 Å². The van der Waals surface area contributed by atoms with E-state index in [1.54, 1.807) is 24.5 Å². The monoisotopic (exact) mass is 339 g/mol. The summed E-state index contributed by atoms with van der Waals surface area (Å²) < 4.78 is 0. The molecule has 0 radical (unpaired) electrons. The lowest BCUT2D eigenvalue weighted by molar-refractivity contribution is 0.479. The summed E-state index contributed by atoms with van der Waals surface area (Å²) in [5, 5.41) is 13.6. The van der Waals surface area contributed by atoms with E-state index >= 15 is 0 Å². The quantitative estimate of drug-likeness (QED) is 0.239. The van der Waals surface area contributed by atoms with Crippen molar-refractivity contribution in [2.24, 2.45) is 0 Å². The zero-order valence-corrected chi connectivity index (χ0v) is 14.0. The Hall–Kier alpha value is -3.66. The minimum absolute atomic E-state index is 0.147. The number of nitrogen functional groups attached to an aromatic ring is 1. The fourth-order valence-electron chi connectivity index (χ4n) is 2.93. The molecule has 2 aromatic heterocycles. The summed E-state index contributed by atoms with van der Waals surface area (Å²) >= 11 is 0. The molecule has 4 heteroatoms. The minimum Gasteiger partial charge on any atom is -0.506 e. The Bertz CT molecular complexity index is 1120. The fourth-order valence-corrected chi connectivity index (χ4v) is 2.93. The number of hydrogen-bond acceptors (Lipinski definition) is 4. The van der Waals surface area contributed by atoms with Crippen molar-refractivity contribution in [1.82, 2.24) is 9.97 Å². The Morgan fingerprint density at radius 1 is 0.615 bits per heavy atom. The van der Waals surface area contributed by atoms with Crippen molar-refractivity contribution in [3.05, 3.63) is 85.2 Å². The van der Waals surface area contributed by atoms with Gasteiger partial charge in [-0.3, -0.25) is 9.97 Å². The van der Waals surface area contributed by atoms with Gasteiger partial charge in [-0.1, -0.05) is 48.5 Å². The molecule has 26 heavy (non-hydrogen) atoms. The molecule has 0 aliphatic rings. The van der Waals surface area contributed by atoms with Gasteiger partial charge in [0.2, 0.25) is 0 Å². The molecule has 0 fully saturated rings. The van der Waals surface area contributed by atoms with Gasteiger partial charge in [-0.25, -0.2) is 0 Å². The largest absolute Gasteiger partial charge is 0.506 e. The second-order valence-electron chi connectivity index (χ2n) is 5.97. The lowest BCUT2D eigenvalue weighted by Gasteiger charge is -2.01. The normalized spacial score (nSPS) is 10.6. The van der Waals surface area contributed by atoms with E-state index in [-0.39, 0.29) is 5.75 Å². The van der Waals surface area contributed by atoms with E-state index in [1.165, 1.54) is 0 Å². The number of fused-ring (bicyclic) bond motifs is 4. The number of nitrogens with zero attached hydrogens (tertiary/aromatic N) is 2. The third kappa shape index (κ3) is 3.00. The van der Waals surface area contributed by atoms with E-state index in [1.807, 2.05) is 36.4 Å². The molecule has 0 aliphatic heterocycles. The molecule has 3 N–H and O–H groups in total. The standard InChI is InChI=1S/C12H8N2.C10H9NO/c1-3-9-5-6-10-4-2-8-14-12(10)11(9)13-7-1;11-9-5-7-3-1-2-4-8(7)6-10(9)12/h1-8H;1-6,12H,11H2. The molecule has 0 bridgehead atoms. The third-order valence-corrected chi connectivity index (χ3v) is 4.24. The highest BCUT2D eigenvalue weighted by Gasteiger charge is 2.00. The molecule has 0 atom stereocenters. The van der Waals surface area contributed by atoms with Crippen LogP contribution in [0.3, 0.4) is 0 Å². The van der Waals surface area contributed by atoms with Gasteiger partial charge in [-0.15, -0.1) is 0 Å². The molecular weight excluding hydrogens is 322 g/mol. The predicted molar refractivity (Wildman–Crippen MR) is 107 cm³/mol. The van der Waals surface area contributed by atoms with Crippen LogP contribution < -0.4 is 5.73 Å². The number of aromatic nitrogens is 2.